The maximum absolute atomic E-state index is 12.7. The van der Waals surface area contributed by atoms with Crippen molar-refractivity contribution < 1.29 is 9.21 Å². The standard InChI is InChI=1S/C20H21NO2/c1-5-15-8-6-7-13(3)18(15)21-20(22)19-14(4)16-11-12(2)9-10-17(16)23-19/h6-11H,5H2,1-4H3,(H,21,22). The van der Waals surface area contributed by atoms with Crippen LogP contribution in [0.25, 0.3) is 11.0 Å². The predicted octanol–water partition coefficient (Wildman–Crippen LogP) is 5.17. The lowest BCUT2D eigenvalue weighted by Crippen LogP contribution is -2.14. The Morgan fingerprint density at radius 3 is 2.65 bits per heavy atom. The lowest BCUT2D eigenvalue weighted by Gasteiger charge is -2.12. The molecule has 0 fully saturated rings. The second-order valence-corrected chi connectivity index (χ2v) is 5.97. The van der Waals surface area contributed by atoms with Gasteiger partial charge in [0.05, 0.1) is 0 Å². The fraction of sp³-hybridized carbons (Fsp3) is 0.250. The molecule has 1 aromatic heterocycles. The zero-order valence-electron chi connectivity index (χ0n) is 14.0. The van der Waals surface area contributed by atoms with Gasteiger partial charge in [-0.15, -0.1) is 0 Å². The molecule has 1 heterocycles. The molecule has 3 nitrogen and oxygen atoms in total. The average Bonchev–Trinajstić information content (AvgIpc) is 2.86. The van der Waals surface area contributed by atoms with Crippen molar-refractivity contribution in [2.45, 2.75) is 34.1 Å². The summed E-state index contributed by atoms with van der Waals surface area (Å²) in [6, 6.07) is 12.0. The van der Waals surface area contributed by atoms with Crippen molar-refractivity contribution in [2.24, 2.45) is 0 Å². The molecule has 0 unspecified atom stereocenters. The van der Waals surface area contributed by atoms with Gasteiger partial charge in [0, 0.05) is 16.6 Å². The van der Waals surface area contributed by atoms with Gasteiger partial charge < -0.3 is 9.73 Å². The molecule has 0 aliphatic rings. The third-order valence-corrected chi connectivity index (χ3v) is 4.28. The first kappa shape index (κ1) is 15.3. The molecule has 0 spiro atoms. The van der Waals surface area contributed by atoms with Crippen LogP contribution in [0.2, 0.25) is 0 Å². The highest BCUT2D eigenvalue weighted by molar-refractivity contribution is 6.07. The van der Waals surface area contributed by atoms with E-state index in [4.69, 9.17) is 4.42 Å². The van der Waals surface area contributed by atoms with Crippen molar-refractivity contribution in [1.82, 2.24) is 0 Å². The SMILES string of the molecule is CCc1cccc(C)c1NC(=O)c1oc2ccc(C)cc2c1C. The van der Waals surface area contributed by atoms with Gasteiger partial charge in [0.1, 0.15) is 5.58 Å². The van der Waals surface area contributed by atoms with Crippen LogP contribution >= 0.6 is 0 Å². The van der Waals surface area contributed by atoms with E-state index in [1.807, 2.05) is 51.1 Å². The number of anilines is 1. The molecule has 0 radical (unpaired) electrons. The van der Waals surface area contributed by atoms with Gasteiger partial charge in [0.15, 0.2) is 5.76 Å². The Morgan fingerprint density at radius 2 is 1.91 bits per heavy atom. The molecule has 0 saturated carbocycles. The van der Waals surface area contributed by atoms with E-state index in [9.17, 15) is 4.79 Å². The Hall–Kier alpha value is -2.55. The molecule has 1 amide bonds. The van der Waals surface area contributed by atoms with E-state index in [1.165, 1.54) is 0 Å². The quantitative estimate of drug-likeness (QED) is 0.725. The highest BCUT2D eigenvalue weighted by Crippen LogP contribution is 2.28. The summed E-state index contributed by atoms with van der Waals surface area (Å²) in [7, 11) is 0. The molecule has 23 heavy (non-hydrogen) atoms. The van der Waals surface area contributed by atoms with Crippen molar-refractivity contribution in [2.75, 3.05) is 5.32 Å². The second-order valence-electron chi connectivity index (χ2n) is 5.97. The fourth-order valence-electron chi connectivity index (χ4n) is 2.92. The van der Waals surface area contributed by atoms with Crippen molar-refractivity contribution in [3.8, 4) is 0 Å². The molecule has 0 atom stereocenters. The number of carbonyl (C=O) groups is 1. The minimum Gasteiger partial charge on any atom is -0.451 e. The third-order valence-electron chi connectivity index (χ3n) is 4.28. The number of carbonyl (C=O) groups excluding carboxylic acids is 1. The molecule has 2 aromatic carbocycles. The minimum absolute atomic E-state index is 0.194. The number of benzene rings is 2. The number of para-hydroxylation sites is 1. The molecule has 1 N–H and O–H groups in total. The molecule has 0 bridgehead atoms. The van der Waals surface area contributed by atoms with Crippen LogP contribution in [0.4, 0.5) is 5.69 Å². The maximum Gasteiger partial charge on any atom is 0.291 e. The van der Waals surface area contributed by atoms with Crippen LogP contribution < -0.4 is 5.32 Å². The lowest BCUT2D eigenvalue weighted by molar-refractivity contribution is 0.0997. The van der Waals surface area contributed by atoms with Gasteiger partial charge in [-0.25, -0.2) is 0 Å². The van der Waals surface area contributed by atoms with E-state index in [1.54, 1.807) is 0 Å². The Bertz CT molecular complexity index is 890. The summed E-state index contributed by atoms with van der Waals surface area (Å²) in [5.74, 6) is 0.191. The molecule has 3 rings (SSSR count). The molecule has 0 saturated heterocycles. The van der Waals surface area contributed by atoms with Crippen LogP contribution in [0.5, 0.6) is 0 Å². The first-order valence-electron chi connectivity index (χ1n) is 7.91. The van der Waals surface area contributed by atoms with E-state index < -0.39 is 0 Å². The zero-order valence-corrected chi connectivity index (χ0v) is 14.0. The van der Waals surface area contributed by atoms with Crippen LogP contribution in [-0.4, -0.2) is 5.91 Å². The normalized spacial score (nSPS) is 11.0. The summed E-state index contributed by atoms with van der Waals surface area (Å²) in [5.41, 5.74) is 5.86. The first-order chi connectivity index (χ1) is 11.0. The van der Waals surface area contributed by atoms with Gasteiger partial charge in [0.25, 0.3) is 5.91 Å². The van der Waals surface area contributed by atoms with Crippen LogP contribution in [-0.2, 0) is 6.42 Å². The summed E-state index contributed by atoms with van der Waals surface area (Å²) >= 11 is 0. The monoisotopic (exact) mass is 307 g/mol. The summed E-state index contributed by atoms with van der Waals surface area (Å²) < 4.78 is 5.79. The summed E-state index contributed by atoms with van der Waals surface area (Å²) in [4.78, 5) is 12.7. The molecule has 3 aromatic rings. The van der Waals surface area contributed by atoms with Gasteiger partial charge in [0.2, 0.25) is 0 Å². The molecule has 0 aliphatic heterocycles. The Kier molecular flexibility index (Phi) is 3.95. The van der Waals surface area contributed by atoms with Crippen LogP contribution in [0.3, 0.4) is 0 Å². The highest BCUT2D eigenvalue weighted by Gasteiger charge is 2.19. The van der Waals surface area contributed by atoms with Gasteiger partial charge in [-0.3, -0.25) is 4.79 Å². The molecule has 118 valence electrons. The van der Waals surface area contributed by atoms with Crippen LogP contribution in [0.1, 0.15) is 39.7 Å². The predicted molar refractivity (Wildman–Crippen MR) is 94.2 cm³/mol. The number of fused-ring (bicyclic) bond motifs is 1. The topological polar surface area (TPSA) is 42.2 Å². The number of furan rings is 1. The minimum atomic E-state index is -0.194. The van der Waals surface area contributed by atoms with Gasteiger partial charge in [-0.2, -0.15) is 0 Å². The number of hydrogen-bond acceptors (Lipinski definition) is 2. The summed E-state index contributed by atoms with van der Waals surface area (Å²) in [6.07, 6.45) is 0.871. The van der Waals surface area contributed by atoms with Crippen molar-refractivity contribution in [1.29, 1.82) is 0 Å². The second kappa shape index (κ2) is 5.92. The number of amides is 1. The van der Waals surface area contributed by atoms with E-state index in [2.05, 4.69) is 18.3 Å². The van der Waals surface area contributed by atoms with Gasteiger partial charge >= 0.3 is 0 Å². The summed E-state index contributed by atoms with van der Waals surface area (Å²) in [6.45, 7) is 8.05. The molecular weight excluding hydrogens is 286 g/mol. The number of nitrogens with one attached hydrogen (secondary N) is 1. The third kappa shape index (κ3) is 2.74. The summed E-state index contributed by atoms with van der Waals surface area (Å²) in [5, 5.41) is 4.03. The Labute approximate surface area is 136 Å². The number of hydrogen-bond donors (Lipinski definition) is 1. The first-order valence-corrected chi connectivity index (χ1v) is 7.91. The van der Waals surface area contributed by atoms with Gasteiger partial charge in [-0.05, 0) is 50.5 Å². The van der Waals surface area contributed by atoms with E-state index in [0.29, 0.717) is 5.76 Å². The largest absolute Gasteiger partial charge is 0.451 e. The number of aryl methyl sites for hydroxylation is 4. The number of rotatable bonds is 3. The Balaban J connectivity index is 2.00. The lowest BCUT2D eigenvalue weighted by atomic mass is 10.1. The average molecular weight is 307 g/mol. The fourth-order valence-corrected chi connectivity index (χ4v) is 2.92. The van der Waals surface area contributed by atoms with E-state index in [0.717, 1.165) is 45.3 Å². The molecule has 3 heteroatoms. The zero-order chi connectivity index (χ0) is 16.6. The van der Waals surface area contributed by atoms with Crippen LogP contribution in [0.15, 0.2) is 40.8 Å². The van der Waals surface area contributed by atoms with Crippen molar-refractivity contribution in [3.05, 3.63) is 64.4 Å². The smallest absolute Gasteiger partial charge is 0.291 e. The molecular formula is C20H21NO2. The van der Waals surface area contributed by atoms with Gasteiger partial charge in [-0.1, -0.05) is 36.8 Å². The van der Waals surface area contributed by atoms with Crippen LogP contribution in [0, 0.1) is 20.8 Å². The van der Waals surface area contributed by atoms with E-state index >= 15 is 0 Å². The maximum atomic E-state index is 12.7. The van der Waals surface area contributed by atoms with Crippen molar-refractivity contribution >= 4 is 22.6 Å². The van der Waals surface area contributed by atoms with E-state index in [-0.39, 0.29) is 5.91 Å². The van der Waals surface area contributed by atoms with Crippen molar-refractivity contribution in [3.63, 3.8) is 0 Å². The Morgan fingerprint density at radius 1 is 1.13 bits per heavy atom. The molecule has 0 aliphatic carbocycles. The highest BCUT2D eigenvalue weighted by atomic mass is 16.3.